The van der Waals surface area contributed by atoms with E-state index in [-0.39, 0.29) is 9.79 Å². The van der Waals surface area contributed by atoms with Crippen LogP contribution in [0.3, 0.4) is 0 Å². The van der Waals surface area contributed by atoms with Gasteiger partial charge < -0.3 is 18.6 Å². The van der Waals surface area contributed by atoms with E-state index in [0.717, 1.165) is 101 Å². The topological polar surface area (TPSA) is 180 Å². The standard InChI is InChI=1S/2C32H36N4O3SSi/c1-22-7-10-26(11-8-22)40(37,38)36-14-13-27-28(23(2)17-24(3)32(27)36)19-31-34-29-18-25(20-33)9-12-30(29)35(31)21-39-15-16-41(4,5)6;1-22-7-10-26(11-8-22)40(37,38)36-14-13-27-28(23(2)17-24(3)32(27)36)19-31-34-29-12-9-25(20-33)18-30(29)35(31)21-39-15-16-41(4,5)6/h2*7-14,17-18H,15-16,19,21H2,1-6H3. The molecule has 0 bridgehead atoms. The second kappa shape index (κ2) is 23.4. The summed E-state index contributed by atoms with van der Waals surface area (Å²) < 4.78 is 73.9. The number of ether oxygens (including phenoxy) is 2. The van der Waals surface area contributed by atoms with E-state index >= 15 is 0 Å². The van der Waals surface area contributed by atoms with Crippen LogP contribution in [0.4, 0.5) is 0 Å². The number of nitrogens with zero attached hydrogens (tertiary/aromatic N) is 8. The first-order valence-corrected chi connectivity index (χ1v) is 37.9. The molecule has 10 rings (SSSR count). The van der Waals surface area contributed by atoms with Gasteiger partial charge in [0.05, 0.1) is 66.2 Å². The minimum Gasteiger partial charge on any atom is -0.361 e. The van der Waals surface area contributed by atoms with Gasteiger partial charge in [-0.25, -0.2) is 34.7 Å². The van der Waals surface area contributed by atoms with E-state index in [1.54, 1.807) is 54.9 Å². The molecule has 6 aromatic carbocycles. The van der Waals surface area contributed by atoms with E-state index in [2.05, 4.69) is 69.8 Å². The summed E-state index contributed by atoms with van der Waals surface area (Å²) in [5, 5.41) is 20.7. The Labute approximate surface area is 484 Å². The molecule has 0 unspecified atom stereocenters. The minimum atomic E-state index is -3.78. The van der Waals surface area contributed by atoms with Crippen molar-refractivity contribution in [2.24, 2.45) is 0 Å². The third-order valence-electron chi connectivity index (χ3n) is 15.1. The Kier molecular flexibility index (Phi) is 16.9. The van der Waals surface area contributed by atoms with Gasteiger partial charge in [0, 0.05) is 65.4 Å². The van der Waals surface area contributed by atoms with Gasteiger partial charge in [0.2, 0.25) is 0 Å². The van der Waals surface area contributed by atoms with Crippen molar-refractivity contribution in [1.82, 2.24) is 27.0 Å². The van der Waals surface area contributed by atoms with Crippen molar-refractivity contribution in [3.8, 4) is 12.1 Å². The molecule has 0 radical (unpaired) electrons. The lowest BCUT2D eigenvalue weighted by Gasteiger charge is -2.17. The molecule has 0 aliphatic rings. The number of aromatic nitrogens is 6. The SMILES string of the molecule is Cc1ccc(S(=O)(=O)n2ccc3c(Cc4nc5cc(C#N)ccc5n4COCC[Si](C)(C)C)c(C)cc(C)c32)cc1.Cc1ccc(S(=O)(=O)n2ccc3c(Cc4nc5ccc(C#N)cc5n4COCC[Si](C)(C)C)c(C)cc(C)c32)cc1. The molecule has 0 saturated carbocycles. The van der Waals surface area contributed by atoms with Crippen LogP contribution < -0.4 is 0 Å². The van der Waals surface area contributed by atoms with E-state index in [1.165, 1.54) is 7.94 Å². The van der Waals surface area contributed by atoms with Crippen molar-refractivity contribution in [1.29, 1.82) is 10.5 Å². The molecule has 18 heteroatoms. The van der Waals surface area contributed by atoms with Crippen LogP contribution in [0.25, 0.3) is 43.9 Å². The number of nitriles is 2. The van der Waals surface area contributed by atoms with Gasteiger partial charge in [-0.15, -0.1) is 0 Å². The van der Waals surface area contributed by atoms with Crippen LogP contribution >= 0.6 is 0 Å². The maximum atomic E-state index is 13.7. The summed E-state index contributed by atoms with van der Waals surface area (Å²) in [6.45, 7) is 27.9. The zero-order valence-corrected chi connectivity index (χ0v) is 52.7. The van der Waals surface area contributed by atoms with Gasteiger partial charge in [0.25, 0.3) is 20.0 Å². The molecule has 4 heterocycles. The molecule has 0 aliphatic carbocycles. The van der Waals surface area contributed by atoms with Gasteiger partial charge in [-0.05, 0) is 160 Å². The Morgan fingerprint density at radius 2 is 0.902 bits per heavy atom. The number of hydrogen-bond donors (Lipinski definition) is 0. The van der Waals surface area contributed by atoms with Crippen LogP contribution in [0, 0.1) is 64.2 Å². The summed E-state index contributed by atoms with van der Waals surface area (Å²) in [7, 11) is -10.0. The zero-order chi connectivity index (χ0) is 59.1. The molecule has 0 amide bonds. The van der Waals surface area contributed by atoms with Crippen LogP contribution in [0.1, 0.15) is 67.3 Å². The molecule has 82 heavy (non-hydrogen) atoms. The lowest BCUT2D eigenvalue weighted by atomic mass is 9.98. The number of rotatable bonds is 18. The molecular formula is C64H72N8O6S2Si2. The Morgan fingerprint density at radius 1 is 0.488 bits per heavy atom. The molecular weight excluding hydrogens is 1100 g/mol. The summed E-state index contributed by atoms with van der Waals surface area (Å²) in [5.74, 6) is 1.62. The van der Waals surface area contributed by atoms with Gasteiger partial charge >= 0.3 is 0 Å². The predicted molar refractivity (Wildman–Crippen MR) is 333 cm³/mol. The lowest BCUT2D eigenvalue weighted by Crippen LogP contribution is -2.22. The van der Waals surface area contributed by atoms with Gasteiger partial charge in [-0.3, -0.25) is 0 Å². The van der Waals surface area contributed by atoms with Crippen LogP contribution in [-0.2, 0) is 55.8 Å². The Hall–Kier alpha value is -7.43. The third-order valence-corrected chi connectivity index (χ3v) is 21.9. The largest absolute Gasteiger partial charge is 0.361 e. The minimum absolute atomic E-state index is 0.257. The molecule has 0 saturated heterocycles. The Bertz CT molecular complexity index is 4210. The number of benzene rings is 6. The maximum absolute atomic E-state index is 13.7. The summed E-state index contributed by atoms with van der Waals surface area (Å²) >= 11 is 0. The van der Waals surface area contributed by atoms with Crippen molar-refractivity contribution in [2.75, 3.05) is 13.2 Å². The quantitative estimate of drug-likeness (QED) is 0.0592. The lowest BCUT2D eigenvalue weighted by molar-refractivity contribution is 0.0880. The number of imidazole rings is 2. The monoisotopic (exact) mass is 1170 g/mol. The molecule has 0 fully saturated rings. The normalized spacial score (nSPS) is 12.3. The second-order valence-corrected chi connectivity index (χ2v) is 38.8. The molecule has 0 spiro atoms. The van der Waals surface area contributed by atoms with Gasteiger partial charge in [0.15, 0.2) is 0 Å². The van der Waals surface area contributed by atoms with Gasteiger partial charge in [-0.1, -0.05) is 86.8 Å². The van der Waals surface area contributed by atoms with Crippen molar-refractivity contribution >= 4 is 80.1 Å². The summed E-state index contributed by atoms with van der Waals surface area (Å²) in [5.41, 5.74) is 13.7. The van der Waals surface area contributed by atoms with Crippen LogP contribution in [0.15, 0.2) is 131 Å². The Balaban J connectivity index is 0.000000198. The number of aryl methyl sites for hydroxylation is 6. The molecule has 10 aromatic rings. The zero-order valence-electron chi connectivity index (χ0n) is 49.0. The van der Waals surface area contributed by atoms with E-state index in [9.17, 15) is 27.4 Å². The highest BCUT2D eigenvalue weighted by molar-refractivity contribution is 7.90. The van der Waals surface area contributed by atoms with Crippen LogP contribution in [0.2, 0.25) is 51.4 Å². The highest BCUT2D eigenvalue weighted by Gasteiger charge is 2.26. The first kappa shape index (κ1) is 59.2. The fourth-order valence-electron chi connectivity index (χ4n) is 10.4. The molecule has 424 valence electrons. The highest BCUT2D eigenvalue weighted by atomic mass is 32.2. The number of hydrogen-bond acceptors (Lipinski definition) is 10. The molecule has 4 aromatic heterocycles. The van der Waals surface area contributed by atoms with Gasteiger partial charge in [0.1, 0.15) is 25.1 Å². The molecule has 14 nitrogen and oxygen atoms in total. The smallest absolute Gasteiger partial charge is 0.268 e. The van der Waals surface area contributed by atoms with Gasteiger partial charge in [-0.2, -0.15) is 10.5 Å². The van der Waals surface area contributed by atoms with Crippen LogP contribution in [-0.4, -0.2) is 73.2 Å². The predicted octanol–water partition coefficient (Wildman–Crippen LogP) is 13.9. The van der Waals surface area contributed by atoms with Crippen molar-refractivity contribution in [3.63, 3.8) is 0 Å². The third kappa shape index (κ3) is 12.5. The molecule has 0 N–H and O–H groups in total. The maximum Gasteiger partial charge on any atom is 0.268 e. The van der Waals surface area contributed by atoms with E-state index in [1.807, 2.05) is 99.0 Å². The Morgan fingerprint density at radius 3 is 1.34 bits per heavy atom. The average Bonchev–Trinajstić information content (AvgIpc) is 4.43. The molecule has 0 aliphatic heterocycles. The second-order valence-electron chi connectivity index (χ2n) is 24.0. The first-order chi connectivity index (χ1) is 38.8. The van der Waals surface area contributed by atoms with Crippen LogP contribution in [0.5, 0.6) is 0 Å². The van der Waals surface area contributed by atoms with E-state index in [0.29, 0.717) is 61.7 Å². The fourth-order valence-corrected chi connectivity index (χ4v) is 14.8. The summed E-state index contributed by atoms with van der Waals surface area (Å²) in [4.78, 5) is 10.4. The van der Waals surface area contributed by atoms with Crippen molar-refractivity contribution in [3.05, 3.63) is 189 Å². The molecule has 0 atom stereocenters. The summed E-state index contributed by atoms with van der Waals surface area (Å²) in [6.07, 6.45) is 4.28. The number of fused-ring (bicyclic) bond motifs is 4. The van der Waals surface area contributed by atoms with E-state index in [4.69, 9.17) is 19.4 Å². The fraction of sp³-hybridized carbons (Fsp3) is 0.312. The average molecular weight is 1170 g/mol. The first-order valence-electron chi connectivity index (χ1n) is 27.6. The highest BCUT2D eigenvalue weighted by Crippen LogP contribution is 2.35. The van der Waals surface area contributed by atoms with Crippen molar-refractivity contribution in [2.45, 2.75) is 129 Å². The summed E-state index contributed by atoms with van der Waals surface area (Å²) in [6, 6.07) is 39.3. The van der Waals surface area contributed by atoms with E-state index < -0.39 is 36.2 Å². The van der Waals surface area contributed by atoms with Crippen molar-refractivity contribution < 1.29 is 26.3 Å².